The molecule has 0 spiro atoms. The normalized spacial score (nSPS) is 33.9. The molecule has 1 saturated carbocycles. The van der Waals surface area contributed by atoms with Crippen molar-refractivity contribution in [3.8, 4) is 0 Å². The van der Waals surface area contributed by atoms with Crippen LogP contribution in [0.2, 0.25) is 0 Å². The van der Waals surface area contributed by atoms with Crippen LogP contribution in [0.5, 0.6) is 0 Å². The van der Waals surface area contributed by atoms with Gasteiger partial charge in [-0.25, -0.2) is 0 Å². The molecule has 2 N–H and O–H groups in total. The van der Waals surface area contributed by atoms with Gasteiger partial charge in [0.25, 0.3) is 0 Å². The third kappa shape index (κ3) is 2.92. The fraction of sp³-hybridized carbons (Fsp3) is 1.00. The molecule has 0 heterocycles. The zero-order valence-corrected chi connectivity index (χ0v) is 8.39. The van der Waals surface area contributed by atoms with Gasteiger partial charge in [-0.2, -0.15) is 0 Å². The Morgan fingerprint density at radius 3 is 2.85 bits per heavy atom. The van der Waals surface area contributed by atoms with Gasteiger partial charge in [0.15, 0.2) is 0 Å². The summed E-state index contributed by atoms with van der Waals surface area (Å²) in [6.45, 7) is 3.01. The lowest BCUT2D eigenvalue weighted by atomic mass is 10.0. The largest absolute Gasteiger partial charge is 0.374 e. The van der Waals surface area contributed by atoms with Crippen LogP contribution in [-0.2, 0) is 4.74 Å². The van der Waals surface area contributed by atoms with Gasteiger partial charge in [-0.3, -0.25) is 4.39 Å². The van der Waals surface area contributed by atoms with Crippen LogP contribution in [0.3, 0.4) is 0 Å². The SMILES string of the molecule is CC1CCC(CN)(OCCCF)C1. The minimum Gasteiger partial charge on any atom is -0.374 e. The van der Waals surface area contributed by atoms with Crippen molar-refractivity contribution in [3.05, 3.63) is 0 Å². The van der Waals surface area contributed by atoms with E-state index in [1.165, 1.54) is 6.42 Å². The molecule has 0 aromatic rings. The van der Waals surface area contributed by atoms with E-state index >= 15 is 0 Å². The molecule has 0 bridgehead atoms. The summed E-state index contributed by atoms with van der Waals surface area (Å²) in [5.74, 6) is 0.703. The van der Waals surface area contributed by atoms with Crippen LogP contribution in [-0.4, -0.2) is 25.4 Å². The van der Waals surface area contributed by atoms with E-state index in [1.807, 2.05) is 0 Å². The highest BCUT2D eigenvalue weighted by molar-refractivity contribution is 4.90. The molecule has 1 aliphatic rings. The molecular formula is C10H20FNO. The average molecular weight is 189 g/mol. The minimum atomic E-state index is -0.295. The van der Waals surface area contributed by atoms with Gasteiger partial charge >= 0.3 is 0 Å². The molecule has 2 atom stereocenters. The highest BCUT2D eigenvalue weighted by atomic mass is 19.1. The lowest BCUT2D eigenvalue weighted by Gasteiger charge is -2.27. The van der Waals surface area contributed by atoms with Crippen LogP contribution < -0.4 is 5.73 Å². The highest BCUT2D eigenvalue weighted by Gasteiger charge is 2.36. The molecule has 1 fully saturated rings. The molecule has 13 heavy (non-hydrogen) atoms. The first-order valence-electron chi connectivity index (χ1n) is 5.12. The average Bonchev–Trinajstić information content (AvgIpc) is 2.49. The van der Waals surface area contributed by atoms with Crippen molar-refractivity contribution in [2.75, 3.05) is 19.8 Å². The highest BCUT2D eigenvalue weighted by Crippen LogP contribution is 2.36. The van der Waals surface area contributed by atoms with Crippen LogP contribution in [0.25, 0.3) is 0 Å². The van der Waals surface area contributed by atoms with Gasteiger partial charge in [-0.05, 0) is 31.6 Å². The van der Waals surface area contributed by atoms with E-state index < -0.39 is 0 Å². The Labute approximate surface area is 79.6 Å². The van der Waals surface area contributed by atoms with Crippen LogP contribution in [0.4, 0.5) is 4.39 Å². The molecule has 0 radical (unpaired) electrons. The van der Waals surface area contributed by atoms with Crippen molar-refractivity contribution in [2.24, 2.45) is 11.7 Å². The zero-order chi connectivity index (χ0) is 9.73. The lowest BCUT2D eigenvalue weighted by Crippen LogP contribution is -2.38. The van der Waals surface area contributed by atoms with E-state index in [1.54, 1.807) is 0 Å². The van der Waals surface area contributed by atoms with Gasteiger partial charge in [-0.1, -0.05) is 6.92 Å². The Bertz CT molecular complexity index is 154. The first-order chi connectivity index (χ1) is 6.22. The Morgan fingerprint density at radius 2 is 2.38 bits per heavy atom. The van der Waals surface area contributed by atoms with Crippen molar-refractivity contribution < 1.29 is 9.13 Å². The molecular weight excluding hydrogens is 169 g/mol. The van der Waals surface area contributed by atoms with E-state index in [0.717, 1.165) is 12.8 Å². The number of halogens is 1. The maximum atomic E-state index is 11.9. The second kappa shape index (κ2) is 4.91. The summed E-state index contributed by atoms with van der Waals surface area (Å²) >= 11 is 0. The van der Waals surface area contributed by atoms with Gasteiger partial charge in [0.2, 0.25) is 0 Å². The maximum Gasteiger partial charge on any atom is 0.0916 e. The third-order valence-electron chi connectivity index (χ3n) is 2.87. The van der Waals surface area contributed by atoms with Crippen molar-refractivity contribution >= 4 is 0 Å². The topological polar surface area (TPSA) is 35.2 Å². The smallest absolute Gasteiger partial charge is 0.0916 e. The standard InChI is InChI=1S/C10H20FNO/c1-9-3-4-10(7-9,8-12)13-6-2-5-11/h9H,2-8,12H2,1H3. The van der Waals surface area contributed by atoms with Crippen molar-refractivity contribution in [1.29, 1.82) is 0 Å². The lowest BCUT2D eigenvalue weighted by molar-refractivity contribution is -0.0381. The predicted octanol–water partition coefficient (Wildman–Crippen LogP) is 1.88. The molecule has 3 heteroatoms. The van der Waals surface area contributed by atoms with Crippen LogP contribution in [0, 0.1) is 5.92 Å². The summed E-state index contributed by atoms with van der Waals surface area (Å²) in [4.78, 5) is 0. The summed E-state index contributed by atoms with van der Waals surface area (Å²) < 4.78 is 17.5. The van der Waals surface area contributed by atoms with Crippen LogP contribution >= 0.6 is 0 Å². The first kappa shape index (κ1) is 10.9. The molecule has 0 saturated heterocycles. The summed E-state index contributed by atoms with van der Waals surface area (Å²) in [6, 6.07) is 0. The van der Waals surface area contributed by atoms with Gasteiger partial charge in [0.05, 0.1) is 12.3 Å². The first-order valence-corrected chi connectivity index (χ1v) is 5.12. The number of hydrogen-bond donors (Lipinski definition) is 1. The summed E-state index contributed by atoms with van der Waals surface area (Å²) in [6.07, 6.45) is 3.76. The van der Waals surface area contributed by atoms with E-state index in [4.69, 9.17) is 10.5 Å². The van der Waals surface area contributed by atoms with Crippen molar-refractivity contribution in [2.45, 2.75) is 38.2 Å². The fourth-order valence-corrected chi connectivity index (χ4v) is 2.07. The number of nitrogens with two attached hydrogens (primary N) is 1. The van der Waals surface area contributed by atoms with Gasteiger partial charge in [-0.15, -0.1) is 0 Å². The van der Waals surface area contributed by atoms with E-state index in [9.17, 15) is 4.39 Å². The Kier molecular flexibility index (Phi) is 4.13. The Morgan fingerprint density at radius 1 is 1.62 bits per heavy atom. The predicted molar refractivity (Wildman–Crippen MR) is 51.3 cm³/mol. The Hall–Kier alpha value is -0.150. The van der Waals surface area contributed by atoms with E-state index in [2.05, 4.69) is 6.92 Å². The van der Waals surface area contributed by atoms with Gasteiger partial charge in [0, 0.05) is 13.2 Å². The summed E-state index contributed by atoms with van der Waals surface area (Å²) in [5.41, 5.74) is 5.56. The summed E-state index contributed by atoms with van der Waals surface area (Å²) in [7, 11) is 0. The molecule has 1 rings (SSSR count). The van der Waals surface area contributed by atoms with Crippen LogP contribution in [0.15, 0.2) is 0 Å². The molecule has 0 aliphatic heterocycles. The fourth-order valence-electron chi connectivity index (χ4n) is 2.07. The molecule has 0 aromatic carbocycles. The third-order valence-corrected chi connectivity index (χ3v) is 2.87. The molecule has 1 aliphatic carbocycles. The second-order valence-electron chi connectivity index (χ2n) is 4.13. The Balaban J connectivity index is 2.32. The number of rotatable bonds is 5. The molecule has 2 unspecified atom stereocenters. The minimum absolute atomic E-state index is 0.130. The molecule has 78 valence electrons. The van der Waals surface area contributed by atoms with Crippen molar-refractivity contribution in [3.63, 3.8) is 0 Å². The number of ether oxygens (including phenoxy) is 1. The quantitative estimate of drug-likeness (QED) is 0.670. The zero-order valence-electron chi connectivity index (χ0n) is 8.39. The van der Waals surface area contributed by atoms with Crippen molar-refractivity contribution in [1.82, 2.24) is 0 Å². The summed E-state index contributed by atoms with van der Waals surface area (Å²) in [5, 5.41) is 0. The van der Waals surface area contributed by atoms with Gasteiger partial charge in [0.1, 0.15) is 0 Å². The monoisotopic (exact) mass is 189 g/mol. The van der Waals surface area contributed by atoms with E-state index in [0.29, 0.717) is 25.5 Å². The van der Waals surface area contributed by atoms with E-state index in [-0.39, 0.29) is 12.3 Å². The molecule has 2 nitrogen and oxygen atoms in total. The maximum absolute atomic E-state index is 11.9. The second-order valence-corrected chi connectivity index (χ2v) is 4.13. The number of alkyl halides is 1. The molecule has 0 amide bonds. The molecule has 0 aromatic heterocycles. The number of hydrogen-bond acceptors (Lipinski definition) is 2. The van der Waals surface area contributed by atoms with Gasteiger partial charge < -0.3 is 10.5 Å². The van der Waals surface area contributed by atoms with Crippen LogP contribution in [0.1, 0.15) is 32.6 Å².